The molecule has 8 heavy (non-hydrogen) atoms. The smallest absolute Gasteiger partial charge is 0.0277 e. The molecule has 1 rings (SSSR count). The second-order valence-electron chi connectivity index (χ2n) is 1.99. The summed E-state index contributed by atoms with van der Waals surface area (Å²) in [6.45, 7) is 3.04. The molecular formula is C6H11OW-. The summed E-state index contributed by atoms with van der Waals surface area (Å²) in [5.74, 6) is 0. The molecule has 0 aliphatic carbocycles. The van der Waals surface area contributed by atoms with Gasteiger partial charge >= 0.3 is 0 Å². The summed E-state index contributed by atoms with van der Waals surface area (Å²) in [7, 11) is 0. The summed E-state index contributed by atoms with van der Waals surface area (Å²) in [5, 5.41) is 0. The fourth-order valence-electron chi connectivity index (χ4n) is 0.773. The van der Waals surface area contributed by atoms with Crippen LogP contribution in [0.15, 0.2) is 0 Å². The van der Waals surface area contributed by atoms with E-state index in [1.165, 1.54) is 0 Å². The number of rotatable bonds is 0. The summed E-state index contributed by atoms with van der Waals surface area (Å²) in [4.78, 5) is 0. The molecule has 0 N–H and O–H groups in total. The minimum Gasteiger partial charge on any atom is -0.384 e. The maximum Gasteiger partial charge on any atom is 0.0277 e. The zero-order valence-electron chi connectivity index (χ0n) is 5.09. The number of ether oxygens (including phenoxy) is 1. The predicted octanol–water partition coefficient (Wildman–Crippen LogP) is 1.39. The van der Waals surface area contributed by atoms with E-state index in [0.717, 1.165) is 19.4 Å². The van der Waals surface area contributed by atoms with Gasteiger partial charge in [-0.2, -0.15) is 12.8 Å². The minimum absolute atomic E-state index is 0. The van der Waals surface area contributed by atoms with Gasteiger partial charge in [0.15, 0.2) is 0 Å². The normalized spacial score (nSPS) is 28.9. The van der Waals surface area contributed by atoms with Gasteiger partial charge in [0.1, 0.15) is 0 Å². The van der Waals surface area contributed by atoms with Gasteiger partial charge in [0, 0.05) is 33.8 Å². The second kappa shape index (κ2) is 4.52. The minimum atomic E-state index is 0. The Hall–Kier alpha value is 0.648. The van der Waals surface area contributed by atoms with E-state index in [1.807, 2.05) is 0 Å². The average molecular weight is 283 g/mol. The first-order chi connectivity index (χ1) is 3.39. The largest absolute Gasteiger partial charge is 0.384 e. The van der Waals surface area contributed by atoms with E-state index < -0.39 is 0 Å². The summed E-state index contributed by atoms with van der Waals surface area (Å²) in [6.07, 6.45) is 5.05. The van der Waals surface area contributed by atoms with Crippen LogP contribution in [-0.2, 0) is 25.8 Å². The molecule has 2 heteroatoms. The van der Waals surface area contributed by atoms with Crippen LogP contribution in [0.5, 0.6) is 0 Å². The maximum absolute atomic E-state index is 5.25. The van der Waals surface area contributed by atoms with Crippen molar-refractivity contribution < 1.29 is 25.8 Å². The van der Waals surface area contributed by atoms with Crippen molar-refractivity contribution in [2.24, 2.45) is 0 Å². The van der Waals surface area contributed by atoms with Crippen molar-refractivity contribution in [3.05, 3.63) is 6.42 Å². The molecule has 0 amide bonds. The SMILES string of the molecule is CC1C[CH-]CCO1.[W]. The number of hydrogen-bond donors (Lipinski definition) is 0. The van der Waals surface area contributed by atoms with Gasteiger partial charge in [-0.3, -0.25) is 0 Å². The third kappa shape index (κ3) is 2.84. The molecule has 0 spiro atoms. The molecule has 0 aromatic rings. The Balaban J connectivity index is 0.000000490. The average Bonchev–Trinajstić information content (AvgIpc) is 1.69. The predicted molar refractivity (Wildman–Crippen MR) is 28.9 cm³/mol. The van der Waals surface area contributed by atoms with Gasteiger partial charge < -0.3 is 11.2 Å². The third-order valence-corrected chi connectivity index (χ3v) is 1.22. The molecule has 0 aromatic heterocycles. The molecule has 1 fully saturated rings. The van der Waals surface area contributed by atoms with Crippen molar-refractivity contribution in [3.63, 3.8) is 0 Å². The summed E-state index contributed by atoms with van der Waals surface area (Å²) >= 11 is 0. The van der Waals surface area contributed by atoms with Crippen LogP contribution >= 0.6 is 0 Å². The molecule has 1 saturated heterocycles. The van der Waals surface area contributed by atoms with E-state index in [1.54, 1.807) is 0 Å². The first-order valence-corrected chi connectivity index (χ1v) is 2.83. The molecule has 1 aliphatic rings. The Morgan fingerprint density at radius 2 is 2.38 bits per heavy atom. The van der Waals surface area contributed by atoms with Crippen LogP contribution in [0.2, 0.25) is 0 Å². The molecule has 1 aliphatic heterocycles. The van der Waals surface area contributed by atoms with Gasteiger partial charge in [-0.1, -0.05) is 0 Å². The maximum atomic E-state index is 5.25. The topological polar surface area (TPSA) is 9.23 Å². The molecule has 0 bridgehead atoms. The standard InChI is InChI=1S/C6H11O.W/c1-6-4-2-3-5-7-6;/h2,6H,3-5H2,1H3;/q-1;. The molecule has 48 valence electrons. The van der Waals surface area contributed by atoms with Crippen LogP contribution in [0.1, 0.15) is 19.8 Å². The van der Waals surface area contributed by atoms with Crippen molar-refractivity contribution >= 4 is 0 Å². The fourth-order valence-corrected chi connectivity index (χ4v) is 0.773. The van der Waals surface area contributed by atoms with Gasteiger partial charge in [0.25, 0.3) is 0 Å². The van der Waals surface area contributed by atoms with Crippen LogP contribution in [0.4, 0.5) is 0 Å². The van der Waals surface area contributed by atoms with E-state index >= 15 is 0 Å². The van der Waals surface area contributed by atoms with E-state index in [-0.39, 0.29) is 21.1 Å². The van der Waals surface area contributed by atoms with Crippen molar-refractivity contribution in [1.29, 1.82) is 0 Å². The first-order valence-electron chi connectivity index (χ1n) is 2.83. The van der Waals surface area contributed by atoms with Crippen molar-refractivity contribution in [3.8, 4) is 0 Å². The van der Waals surface area contributed by atoms with Gasteiger partial charge in [-0.25, -0.2) is 0 Å². The first kappa shape index (κ1) is 8.65. The Morgan fingerprint density at radius 1 is 1.62 bits per heavy atom. The quantitative estimate of drug-likeness (QED) is 0.610. The Morgan fingerprint density at radius 3 is 2.62 bits per heavy atom. The molecule has 0 aromatic carbocycles. The van der Waals surface area contributed by atoms with Crippen LogP contribution < -0.4 is 0 Å². The van der Waals surface area contributed by atoms with Gasteiger partial charge in [0.2, 0.25) is 0 Å². The van der Waals surface area contributed by atoms with Crippen molar-refractivity contribution in [2.75, 3.05) is 6.61 Å². The van der Waals surface area contributed by atoms with Crippen molar-refractivity contribution in [1.82, 2.24) is 0 Å². The zero-order valence-corrected chi connectivity index (χ0v) is 8.03. The Kier molecular flexibility index (Phi) is 4.89. The van der Waals surface area contributed by atoms with E-state index in [2.05, 4.69) is 13.3 Å². The molecule has 1 atom stereocenters. The summed E-state index contributed by atoms with van der Waals surface area (Å²) < 4.78 is 5.25. The number of hydrogen-bond acceptors (Lipinski definition) is 1. The summed E-state index contributed by atoms with van der Waals surface area (Å²) in [6, 6.07) is 0. The Bertz CT molecular complexity index is 50.5. The van der Waals surface area contributed by atoms with E-state index in [9.17, 15) is 0 Å². The molecule has 0 radical (unpaired) electrons. The molecule has 1 heterocycles. The van der Waals surface area contributed by atoms with Crippen molar-refractivity contribution in [2.45, 2.75) is 25.9 Å². The van der Waals surface area contributed by atoms with E-state index in [0.29, 0.717) is 6.10 Å². The van der Waals surface area contributed by atoms with Crippen LogP contribution in [-0.4, -0.2) is 12.7 Å². The van der Waals surface area contributed by atoms with E-state index in [4.69, 9.17) is 4.74 Å². The molecule has 1 unspecified atom stereocenters. The fraction of sp³-hybridized carbons (Fsp3) is 0.833. The van der Waals surface area contributed by atoms with Crippen LogP contribution in [0.3, 0.4) is 0 Å². The molecule has 1 nitrogen and oxygen atoms in total. The van der Waals surface area contributed by atoms with Gasteiger partial charge in [0.05, 0.1) is 0 Å². The van der Waals surface area contributed by atoms with Gasteiger partial charge in [-0.15, -0.1) is 0 Å². The third-order valence-electron chi connectivity index (χ3n) is 1.22. The summed E-state index contributed by atoms with van der Waals surface area (Å²) in [5.41, 5.74) is 0. The second-order valence-corrected chi connectivity index (χ2v) is 1.99. The molecular weight excluding hydrogens is 272 g/mol. The molecule has 0 saturated carbocycles. The Labute approximate surface area is 65.1 Å². The van der Waals surface area contributed by atoms with Gasteiger partial charge in [-0.05, 0) is 6.92 Å². The van der Waals surface area contributed by atoms with Crippen LogP contribution in [0, 0.1) is 6.42 Å². The van der Waals surface area contributed by atoms with Crippen LogP contribution in [0.25, 0.3) is 0 Å². The monoisotopic (exact) mass is 283 g/mol. The zero-order chi connectivity index (χ0) is 5.11.